The monoisotopic (exact) mass is 318 g/mol. The molecule has 1 aromatic rings. The first-order valence-corrected chi connectivity index (χ1v) is 7.88. The van der Waals surface area contributed by atoms with Crippen LogP contribution in [0, 0.1) is 0 Å². The van der Waals surface area contributed by atoms with Crippen molar-refractivity contribution >= 4 is 37.5 Å². The molecule has 94 valence electrons. The minimum atomic E-state index is -3.38. The maximum absolute atomic E-state index is 11.9. The lowest BCUT2D eigenvalue weighted by atomic mass is 10.2. The summed E-state index contributed by atoms with van der Waals surface area (Å²) < 4.78 is 28.7. The van der Waals surface area contributed by atoms with Crippen LogP contribution in [0.3, 0.4) is 0 Å². The lowest BCUT2D eigenvalue weighted by Crippen LogP contribution is -2.30. The molecule has 1 aliphatic rings. The third-order valence-electron chi connectivity index (χ3n) is 2.72. The lowest BCUT2D eigenvalue weighted by Gasteiger charge is -2.16. The number of benzene rings is 1. The Hall–Kier alpha value is -0.750. The maximum Gasteiger partial charge on any atom is 0.324 e. The number of fused-ring (bicyclic) bond motifs is 1. The molecule has 1 N–H and O–H groups in total. The van der Waals surface area contributed by atoms with Crippen LogP contribution in [-0.2, 0) is 10.2 Å². The van der Waals surface area contributed by atoms with Gasteiger partial charge in [-0.3, -0.25) is 9.03 Å². The first-order valence-electron chi connectivity index (χ1n) is 5.64. The van der Waals surface area contributed by atoms with E-state index in [0.717, 1.165) is 29.4 Å². The Morgan fingerprint density at radius 1 is 1.35 bits per heavy atom. The molecule has 1 heterocycles. The lowest BCUT2D eigenvalue weighted by molar-refractivity contribution is 0.595. The van der Waals surface area contributed by atoms with Crippen molar-refractivity contribution in [2.75, 3.05) is 15.6 Å². The summed E-state index contributed by atoms with van der Waals surface area (Å²) in [5, 5.41) is 0. The second kappa shape index (κ2) is 4.86. The van der Waals surface area contributed by atoms with Gasteiger partial charge in [-0.05, 0) is 24.6 Å². The van der Waals surface area contributed by atoms with Crippen LogP contribution in [0.2, 0.25) is 0 Å². The van der Waals surface area contributed by atoms with Gasteiger partial charge in [-0.15, -0.1) is 0 Å². The Kier molecular flexibility index (Phi) is 3.63. The highest BCUT2D eigenvalue weighted by atomic mass is 79.9. The molecule has 4 nitrogen and oxygen atoms in total. The predicted molar refractivity (Wildman–Crippen MR) is 73.6 cm³/mol. The van der Waals surface area contributed by atoms with E-state index in [-0.39, 0.29) is 0 Å². The number of hydrogen-bond acceptors (Lipinski definition) is 2. The average Bonchev–Trinajstić information content (AvgIpc) is 2.49. The number of hydrogen-bond donors (Lipinski definition) is 1. The summed E-state index contributed by atoms with van der Waals surface area (Å²) in [6.45, 7) is 2.64. The predicted octanol–water partition coefficient (Wildman–Crippen LogP) is 3.12. The van der Waals surface area contributed by atoms with E-state index in [0.29, 0.717) is 12.2 Å². The van der Waals surface area contributed by atoms with Crippen LogP contribution in [0.15, 0.2) is 22.7 Å². The second-order valence-corrected chi connectivity index (χ2v) is 6.56. The SMILES string of the molecule is CCCCCN1c2ccc(Br)cc2NS1(=O)=O. The molecule has 1 aromatic carbocycles. The summed E-state index contributed by atoms with van der Waals surface area (Å²) in [6, 6.07) is 5.46. The molecule has 0 fully saturated rings. The van der Waals surface area contributed by atoms with Gasteiger partial charge < -0.3 is 0 Å². The molecule has 0 amide bonds. The van der Waals surface area contributed by atoms with Gasteiger partial charge in [0.05, 0.1) is 11.4 Å². The van der Waals surface area contributed by atoms with E-state index in [4.69, 9.17) is 0 Å². The third-order valence-corrected chi connectivity index (χ3v) is 4.65. The molecule has 0 aromatic heterocycles. The van der Waals surface area contributed by atoms with Crippen LogP contribution in [0.1, 0.15) is 26.2 Å². The standard InChI is InChI=1S/C11H15BrN2O2S/c1-2-3-4-7-14-11-6-5-9(12)8-10(11)13-17(14,15)16/h5-6,8,13H,2-4,7H2,1H3. The van der Waals surface area contributed by atoms with E-state index in [1.54, 1.807) is 6.07 Å². The smallest absolute Gasteiger partial charge is 0.264 e. The summed E-state index contributed by atoms with van der Waals surface area (Å²) in [5.41, 5.74) is 1.39. The summed E-state index contributed by atoms with van der Waals surface area (Å²) in [7, 11) is -3.38. The molecule has 6 heteroatoms. The first-order chi connectivity index (χ1) is 8.04. The molecule has 0 atom stereocenters. The van der Waals surface area contributed by atoms with Crippen LogP contribution < -0.4 is 9.03 Å². The van der Waals surface area contributed by atoms with Gasteiger partial charge >= 0.3 is 10.2 Å². The Bertz CT molecular complexity index is 516. The number of nitrogens with zero attached hydrogens (tertiary/aromatic N) is 1. The quantitative estimate of drug-likeness (QED) is 0.867. The highest BCUT2D eigenvalue weighted by molar-refractivity contribution is 9.10. The van der Waals surface area contributed by atoms with E-state index < -0.39 is 10.2 Å². The number of unbranched alkanes of at least 4 members (excludes halogenated alkanes) is 2. The molecule has 0 saturated carbocycles. The Morgan fingerprint density at radius 2 is 2.12 bits per heavy atom. The maximum atomic E-state index is 11.9. The zero-order chi connectivity index (χ0) is 12.5. The van der Waals surface area contributed by atoms with Crippen molar-refractivity contribution in [2.24, 2.45) is 0 Å². The summed E-state index contributed by atoms with van der Waals surface area (Å²) in [5.74, 6) is 0. The highest BCUT2D eigenvalue weighted by Gasteiger charge is 2.31. The molecular formula is C11H15BrN2O2S. The Morgan fingerprint density at radius 3 is 2.82 bits per heavy atom. The van der Waals surface area contributed by atoms with Crippen molar-refractivity contribution in [1.82, 2.24) is 0 Å². The summed E-state index contributed by atoms with van der Waals surface area (Å²) in [6.07, 6.45) is 3.00. The van der Waals surface area contributed by atoms with Gasteiger partial charge in [-0.25, -0.2) is 0 Å². The van der Waals surface area contributed by atoms with E-state index in [1.165, 1.54) is 4.31 Å². The highest BCUT2D eigenvalue weighted by Crippen LogP contribution is 2.37. The van der Waals surface area contributed by atoms with Crippen LogP contribution in [0.5, 0.6) is 0 Å². The van der Waals surface area contributed by atoms with Gasteiger partial charge in [0.1, 0.15) is 0 Å². The topological polar surface area (TPSA) is 49.4 Å². The van der Waals surface area contributed by atoms with Crippen molar-refractivity contribution in [3.8, 4) is 0 Å². The van der Waals surface area contributed by atoms with Crippen molar-refractivity contribution < 1.29 is 8.42 Å². The molecule has 1 aliphatic heterocycles. The Balaban J connectivity index is 2.26. The number of halogens is 1. The van der Waals surface area contributed by atoms with Crippen molar-refractivity contribution in [1.29, 1.82) is 0 Å². The first kappa shape index (κ1) is 12.7. The fraction of sp³-hybridized carbons (Fsp3) is 0.455. The second-order valence-electron chi connectivity index (χ2n) is 4.05. The molecule has 0 spiro atoms. The zero-order valence-electron chi connectivity index (χ0n) is 9.61. The van der Waals surface area contributed by atoms with Crippen LogP contribution in [0.25, 0.3) is 0 Å². The molecule has 17 heavy (non-hydrogen) atoms. The Labute approximate surface area is 110 Å². The minimum Gasteiger partial charge on any atom is -0.264 e. The van der Waals surface area contributed by atoms with Gasteiger partial charge in [0.15, 0.2) is 0 Å². The van der Waals surface area contributed by atoms with Gasteiger partial charge in [0.25, 0.3) is 0 Å². The molecular weight excluding hydrogens is 304 g/mol. The minimum absolute atomic E-state index is 0.539. The summed E-state index contributed by atoms with van der Waals surface area (Å²) in [4.78, 5) is 0. The third kappa shape index (κ3) is 2.57. The van der Waals surface area contributed by atoms with Crippen LogP contribution >= 0.6 is 15.9 Å². The van der Waals surface area contributed by atoms with Crippen molar-refractivity contribution in [3.63, 3.8) is 0 Å². The molecule has 0 bridgehead atoms. The number of rotatable bonds is 4. The number of nitrogens with one attached hydrogen (secondary N) is 1. The van der Waals surface area contributed by atoms with E-state index in [9.17, 15) is 8.42 Å². The van der Waals surface area contributed by atoms with Gasteiger partial charge in [0.2, 0.25) is 0 Å². The molecule has 0 unspecified atom stereocenters. The van der Waals surface area contributed by atoms with E-state index in [2.05, 4.69) is 27.6 Å². The normalized spacial score (nSPS) is 16.7. The van der Waals surface area contributed by atoms with Gasteiger partial charge in [-0.2, -0.15) is 8.42 Å². The van der Waals surface area contributed by atoms with Crippen molar-refractivity contribution in [2.45, 2.75) is 26.2 Å². The van der Waals surface area contributed by atoms with E-state index in [1.807, 2.05) is 12.1 Å². The van der Waals surface area contributed by atoms with Gasteiger partial charge in [-0.1, -0.05) is 35.7 Å². The fourth-order valence-electron chi connectivity index (χ4n) is 1.88. The van der Waals surface area contributed by atoms with Crippen LogP contribution in [-0.4, -0.2) is 15.0 Å². The average molecular weight is 319 g/mol. The molecule has 0 radical (unpaired) electrons. The fourth-order valence-corrected chi connectivity index (χ4v) is 3.58. The summed E-state index contributed by atoms with van der Waals surface area (Å²) >= 11 is 3.33. The molecule has 0 saturated heterocycles. The van der Waals surface area contributed by atoms with E-state index >= 15 is 0 Å². The molecule has 2 rings (SSSR count). The zero-order valence-corrected chi connectivity index (χ0v) is 12.0. The molecule has 0 aliphatic carbocycles. The van der Waals surface area contributed by atoms with Gasteiger partial charge in [0, 0.05) is 11.0 Å². The largest absolute Gasteiger partial charge is 0.324 e. The van der Waals surface area contributed by atoms with Crippen molar-refractivity contribution in [3.05, 3.63) is 22.7 Å². The number of anilines is 2. The van der Waals surface area contributed by atoms with Crippen LogP contribution in [0.4, 0.5) is 11.4 Å².